The highest BCUT2D eigenvalue weighted by Crippen LogP contribution is 2.24. The number of hydrogen-bond acceptors (Lipinski definition) is 6. The molecular formula is C21H21BrF2N4O4S. The molecule has 0 amide bonds. The van der Waals surface area contributed by atoms with Crippen LogP contribution in [0, 0.1) is 18.6 Å². The Morgan fingerprint density at radius 2 is 1.82 bits per heavy atom. The molecule has 176 valence electrons. The Morgan fingerprint density at radius 3 is 2.42 bits per heavy atom. The van der Waals surface area contributed by atoms with E-state index in [0.717, 1.165) is 22.7 Å². The van der Waals surface area contributed by atoms with E-state index < -0.39 is 21.7 Å². The van der Waals surface area contributed by atoms with Crippen molar-refractivity contribution in [3.05, 3.63) is 85.8 Å². The zero-order valence-electron chi connectivity index (χ0n) is 18.0. The molecule has 2 aromatic heterocycles. The molecule has 0 saturated carbocycles. The summed E-state index contributed by atoms with van der Waals surface area (Å²) >= 11 is 3.23. The summed E-state index contributed by atoms with van der Waals surface area (Å²) in [5.74, 6) is -1.20. The number of ether oxygens (including phenoxy) is 1. The van der Waals surface area contributed by atoms with Gasteiger partial charge in [0.15, 0.2) is 0 Å². The zero-order chi connectivity index (χ0) is 24.3. The number of rotatable bonds is 8. The van der Waals surface area contributed by atoms with E-state index in [9.17, 15) is 22.0 Å². The van der Waals surface area contributed by atoms with Crippen molar-refractivity contribution in [3.63, 3.8) is 0 Å². The predicted molar refractivity (Wildman–Crippen MR) is 121 cm³/mol. The van der Waals surface area contributed by atoms with Gasteiger partial charge in [-0.15, -0.1) is 0 Å². The molecule has 0 aliphatic rings. The van der Waals surface area contributed by atoms with Crippen molar-refractivity contribution in [2.45, 2.75) is 26.6 Å². The fraction of sp³-hybridized carbons (Fsp3) is 0.286. The van der Waals surface area contributed by atoms with Crippen LogP contribution in [0.15, 0.2) is 45.9 Å². The summed E-state index contributed by atoms with van der Waals surface area (Å²) in [7, 11) is -1.90. The third-order valence-corrected chi connectivity index (χ3v) is 6.83. The Morgan fingerprint density at radius 1 is 1.15 bits per heavy atom. The maximum Gasteiger partial charge on any atom is 0.269 e. The van der Waals surface area contributed by atoms with Gasteiger partial charge < -0.3 is 9.30 Å². The smallest absolute Gasteiger partial charge is 0.269 e. The van der Waals surface area contributed by atoms with Gasteiger partial charge in [0.2, 0.25) is 10.0 Å². The van der Waals surface area contributed by atoms with E-state index in [4.69, 9.17) is 4.74 Å². The summed E-state index contributed by atoms with van der Waals surface area (Å²) in [4.78, 5) is 21.3. The molecule has 0 spiro atoms. The molecule has 0 atom stereocenters. The summed E-state index contributed by atoms with van der Waals surface area (Å²) in [6.45, 7) is 1.74. The first-order valence-electron chi connectivity index (χ1n) is 9.63. The average molecular weight is 543 g/mol. The highest BCUT2D eigenvalue weighted by Gasteiger charge is 2.15. The van der Waals surface area contributed by atoms with Crippen molar-refractivity contribution in [2.75, 3.05) is 13.3 Å². The Bertz CT molecular complexity index is 1330. The van der Waals surface area contributed by atoms with Gasteiger partial charge in [0.25, 0.3) is 5.56 Å². The van der Waals surface area contributed by atoms with Crippen LogP contribution in [0.1, 0.15) is 22.6 Å². The molecule has 0 bridgehead atoms. The minimum atomic E-state index is -3.34. The van der Waals surface area contributed by atoms with Crippen LogP contribution in [-0.2, 0) is 29.7 Å². The molecule has 0 aliphatic heterocycles. The highest BCUT2D eigenvalue weighted by atomic mass is 79.9. The van der Waals surface area contributed by atoms with Gasteiger partial charge in [-0.1, -0.05) is 0 Å². The molecule has 0 fully saturated rings. The highest BCUT2D eigenvalue weighted by molar-refractivity contribution is 9.10. The van der Waals surface area contributed by atoms with Gasteiger partial charge in [-0.25, -0.2) is 17.2 Å². The van der Waals surface area contributed by atoms with Gasteiger partial charge in [0.1, 0.15) is 28.5 Å². The van der Waals surface area contributed by atoms with Crippen LogP contribution < -0.4 is 10.3 Å². The fourth-order valence-corrected chi connectivity index (χ4v) is 3.67. The third kappa shape index (κ3) is 6.21. The molecule has 0 radical (unpaired) electrons. The lowest BCUT2D eigenvalue weighted by molar-refractivity contribution is 0.295. The number of aromatic nitrogens is 3. The molecule has 0 aliphatic carbocycles. The Labute approximate surface area is 198 Å². The van der Waals surface area contributed by atoms with Crippen molar-refractivity contribution in [1.29, 1.82) is 0 Å². The van der Waals surface area contributed by atoms with Crippen LogP contribution in [0.2, 0.25) is 0 Å². The second-order valence-corrected chi connectivity index (χ2v) is 10.3. The van der Waals surface area contributed by atoms with Gasteiger partial charge in [-0.3, -0.25) is 14.8 Å². The number of hydrogen-bond donors (Lipinski definition) is 0. The molecular weight excluding hydrogens is 522 g/mol. The molecule has 2 heterocycles. The quantitative estimate of drug-likeness (QED) is 0.434. The summed E-state index contributed by atoms with van der Waals surface area (Å²) in [5, 5.41) is 0. The lowest BCUT2D eigenvalue weighted by atomic mass is 10.2. The maximum atomic E-state index is 13.8. The standard InChI is InChI=1S/C21H21BrF2N4O4S/c1-13-6-19(32-12-14-4-5-15(23)7-18(14)24)20(22)21(29)28(13)11-17-9-25-16(8-26-17)10-27(2)33(3,30)31/h4-9H,10-12H2,1-3H3. The van der Waals surface area contributed by atoms with Crippen LogP contribution in [-0.4, -0.2) is 40.6 Å². The first kappa shape index (κ1) is 24.9. The number of pyridine rings is 1. The minimum Gasteiger partial charge on any atom is -0.487 e. The Hall–Kier alpha value is -2.70. The molecule has 8 nitrogen and oxygen atoms in total. The lowest BCUT2D eigenvalue weighted by Gasteiger charge is -2.15. The molecule has 3 rings (SSSR count). The number of aryl methyl sites for hydroxylation is 1. The third-order valence-electron chi connectivity index (χ3n) is 4.84. The Kier molecular flexibility index (Phi) is 7.60. The van der Waals surface area contributed by atoms with E-state index in [-0.39, 0.29) is 41.0 Å². The minimum absolute atomic E-state index is 0.0807. The van der Waals surface area contributed by atoms with E-state index in [0.29, 0.717) is 17.1 Å². The molecule has 0 saturated heterocycles. The molecule has 0 N–H and O–H groups in total. The van der Waals surface area contributed by atoms with Gasteiger partial charge >= 0.3 is 0 Å². The number of nitrogens with zero attached hydrogens (tertiary/aromatic N) is 4. The maximum absolute atomic E-state index is 13.8. The first-order valence-corrected chi connectivity index (χ1v) is 12.3. The monoisotopic (exact) mass is 542 g/mol. The van der Waals surface area contributed by atoms with Crippen molar-refractivity contribution < 1.29 is 21.9 Å². The summed E-state index contributed by atoms with van der Waals surface area (Å²) in [6, 6.07) is 4.80. The number of benzene rings is 1. The Balaban J connectivity index is 1.75. The van der Waals surface area contributed by atoms with Gasteiger partial charge in [-0.2, -0.15) is 4.31 Å². The van der Waals surface area contributed by atoms with Crippen molar-refractivity contribution in [1.82, 2.24) is 18.8 Å². The molecule has 3 aromatic rings. The normalized spacial score (nSPS) is 11.7. The van der Waals surface area contributed by atoms with Crippen molar-refractivity contribution >= 4 is 26.0 Å². The first-order chi connectivity index (χ1) is 15.5. The predicted octanol–water partition coefficient (Wildman–Crippen LogP) is 3.01. The number of halogens is 3. The molecule has 12 heteroatoms. The second-order valence-electron chi connectivity index (χ2n) is 7.40. The zero-order valence-corrected chi connectivity index (χ0v) is 20.5. The van der Waals surface area contributed by atoms with E-state index in [1.807, 2.05) is 0 Å². The van der Waals surface area contributed by atoms with E-state index in [2.05, 4.69) is 25.9 Å². The van der Waals surface area contributed by atoms with Gasteiger partial charge in [0.05, 0.1) is 43.1 Å². The van der Waals surface area contributed by atoms with Crippen molar-refractivity contribution in [3.8, 4) is 5.75 Å². The average Bonchev–Trinajstić information content (AvgIpc) is 2.74. The number of sulfonamides is 1. The van der Waals surface area contributed by atoms with Crippen LogP contribution in [0.3, 0.4) is 0 Å². The van der Waals surface area contributed by atoms with Crippen molar-refractivity contribution in [2.24, 2.45) is 0 Å². The van der Waals surface area contributed by atoms with Crippen LogP contribution >= 0.6 is 15.9 Å². The summed E-state index contributed by atoms with van der Waals surface area (Å²) < 4.78 is 58.3. The van der Waals surface area contributed by atoms with Gasteiger partial charge in [0, 0.05) is 30.4 Å². The van der Waals surface area contributed by atoms with E-state index in [1.165, 1.54) is 30.1 Å². The second kappa shape index (κ2) is 10.1. The lowest BCUT2D eigenvalue weighted by Crippen LogP contribution is -2.26. The fourth-order valence-electron chi connectivity index (χ4n) is 2.86. The topological polar surface area (TPSA) is 94.4 Å². The van der Waals surface area contributed by atoms with E-state index >= 15 is 0 Å². The SMILES string of the molecule is Cc1cc(OCc2ccc(F)cc2F)c(Br)c(=O)n1Cc1cnc(CN(C)S(C)(=O)=O)cn1. The summed E-state index contributed by atoms with van der Waals surface area (Å²) in [5.41, 5.74) is 1.31. The molecule has 0 unspecified atom stereocenters. The summed E-state index contributed by atoms with van der Waals surface area (Å²) in [6.07, 6.45) is 4.04. The largest absolute Gasteiger partial charge is 0.487 e. The molecule has 33 heavy (non-hydrogen) atoms. The van der Waals surface area contributed by atoms with Crippen LogP contribution in [0.25, 0.3) is 0 Å². The van der Waals surface area contributed by atoms with Gasteiger partial charge in [-0.05, 0) is 35.0 Å². The van der Waals surface area contributed by atoms with Crippen LogP contribution in [0.4, 0.5) is 8.78 Å². The van der Waals surface area contributed by atoms with E-state index in [1.54, 1.807) is 13.0 Å². The molecule has 1 aromatic carbocycles. The van der Waals surface area contributed by atoms with Crippen LogP contribution in [0.5, 0.6) is 5.75 Å².